The molecule has 0 aromatic heterocycles. The summed E-state index contributed by atoms with van der Waals surface area (Å²) in [6.45, 7) is 2.32. The van der Waals surface area contributed by atoms with Gasteiger partial charge < -0.3 is 5.21 Å². The van der Waals surface area contributed by atoms with Crippen molar-refractivity contribution in [3.63, 3.8) is 0 Å². The van der Waals surface area contributed by atoms with E-state index in [4.69, 9.17) is 5.21 Å². The molecule has 0 atom stereocenters. The first-order valence-corrected chi connectivity index (χ1v) is 4.04. The third-order valence-corrected chi connectivity index (χ3v) is 2.85. The highest BCUT2D eigenvalue weighted by atomic mass is 16.5. The summed E-state index contributed by atoms with van der Waals surface area (Å²) in [5.74, 6) is 0. The van der Waals surface area contributed by atoms with E-state index < -0.39 is 0 Å². The van der Waals surface area contributed by atoms with E-state index >= 15 is 0 Å². The van der Waals surface area contributed by atoms with Crippen LogP contribution in [0.3, 0.4) is 0 Å². The van der Waals surface area contributed by atoms with Crippen molar-refractivity contribution in [3.05, 3.63) is 0 Å². The largest absolute Gasteiger partial charge is 0.315 e. The maximum absolute atomic E-state index is 8.94. The van der Waals surface area contributed by atoms with Gasteiger partial charge in [0.2, 0.25) is 0 Å². The first-order valence-electron chi connectivity index (χ1n) is 4.04. The van der Waals surface area contributed by atoms with Gasteiger partial charge in [-0.05, 0) is 25.7 Å². The van der Waals surface area contributed by atoms with Crippen LogP contribution in [0.2, 0.25) is 0 Å². The third kappa shape index (κ3) is 0.713. The molecule has 0 aromatic rings. The van der Waals surface area contributed by atoms with Crippen LogP contribution in [-0.4, -0.2) is 28.9 Å². The van der Waals surface area contributed by atoms with E-state index in [1.807, 2.05) is 0 Å². The Hall–Kier alpha value is -0.120. The highest BCUT2D eigenvalue weighted by Gasteiger charge is 2.43. The van der Waals surface area contributed by atoms with Crippen LogP contribution in [0.4, 0.5) is 0 Å². The van der Waals surface area contributed by atoms with Crippen molar-refractivity contribution in [1.82, 2.24) is 10.4 Å². The van der Waals surface area contributed by atoms with Crippen LogP contribution in [-0.2, 0) is 0 Å². The first-order chi connectivity index (χ1) is 4.87. The second-order valence-electron chi connectivity index (χ2n) is 3.34. The van der Waals surface area contributed by atoms with Crippen LogP contribution < -0.4 is 5.48 Å². The number of hydrogen-bond acceptors (Lipinski definition) is 3. The van der Waals surface area contributed by atoms with E-state index in [0.29, 0.717) is 0 Å². The van der Waals surface area contributed by atoms with Crippen LogP contribution in [0.15, 0.2) is 0 Å². The Labute approximate surface area is 61.0 Å². The van der Waals surface area contributed by atoms with Gasteiger partial charge in [-0.3, -0.25) is 4.90 Å². The zero-order chi connectivity index (χ0) is 7.03. The first kappa shape index (κ1) is 6.58. The highest BCUT2D eigenvalue weighted by molar-refractivity contribution is 4.95. The molecule has 0 amide bonds. The molecule has 2 heterocycles. The molecule has 2 saturated heterocycles. The van der Waals surface area contributed by atoms with E-state index in [0.717, 1.165) is 25.9 Å². The van der Waals surface area contributed by atoms with Gasteiger partial charge in [-0.15, -0.1) is 0 Å². The van der Waals surface area contributed by atoms with Crippen molar-refractivity contribution >= 4 is 0 Å². The van der Waals surface area contributed by atoms with Crippen LogP contribution in [0.25, 0.3) is 0 Å². The molecule has 2 aliphatic heterocycles. The molecule has 58 valence electrons. The smallest absolute Gasteiger partial charge is 0.0945 e. The molecule has 0 radical (unpaired) electrons. The molecule has 0 spiro atoms. The molecule has 0 aromatic carbocycles. The molecule has 2 N–H and O–H groups in total. The van der Waals surface area contributed by atoms with Gasteiger partial charge >= 0.3 is 0 Å². The van der Waals surface area contributed by atoms with Crippen molar-refractivity contribution in [2.24, 2.45) is 0 Å². The fraction of sp³-hybridized carbons (Fsp3) is 1.00. The summed E-state index contributed by atoms with van der Waals surface area (Å²) < 4.78 is 0. The molecule has 2 aliphatic rings. The van der Waals surface area contributed by atoms with Crippen molar-refractivity contribution < 1.29 is 5.21 Å². The van der Waals surface area contributed by atoms with E-state index in [9.17, 15) is 0 Å². The SMILES string of the molecule is ONC12CCCN1CCC2. The van der Waals surface area contributed by atoms with Crippen LogP contribution in [0, 0.1) is 0 Å². The maximum Gasteiger partial charge on any atom is 0.0945 e. The molecular weight excluding hydrogens is 128 g/mol. The fourth-order valence-corrected chi connectivity index (χ4v) is 2.29. The van der Waals surface area contributed by atoms with Gasteiger partial charge in [0.25, 0.3) is 0 Å². The van der Waals surface area contributed by atoms with Crippen LogP contribution >= 0.6 is 0 Å². The summed E-state index contributed by atoms with van der Waals surface area (Å²) in [6.07, 6.45) is 4.69. The van der Waals surface area contributed by atoms with Gasteiger partial charge in [0.1, 0.15) is 0 Å². The second kappa shape index (κ2) is 2.19. The molecule has 0 saturated carbocycles. The van der Waals surface area contributed by atoms with Gasteiger partial charge in [-0.2, -0.15) is 5.48 Å². The molecular formula is C7H14N2O. The average molecular weight is 142 g/mol. The van der Waals surface area contributed by atoms with Crippen molar-refractivity contribution in [2.75, 3.05) is 13.1 Å². The van der Waals surface area contributed by atoms with E-state index in [1.54, 1.807) is 0 Å². The molecule has 0 unspecified atom stereocenters. The van der Waals surface area contributed by atoms with E-state index in [1.165, 1.54) is 12.8 Å². The summed E-state index contributed by atoms with van der Waals surface area (Å²) in [5.41, 5.74) is 2.45. The summed E-state index contributed by atoms with van der Waals surface area (Å²) in [7, 11) is 0. The molecule has 10 heavy (non-hydrogen) atoms. The summed E-state index contributed by atoms with van der Waals surface area (Å²) in [5, 5.41) is 8.94. The number of hydroxylamine groups is 1. The predicted molar refractivity (Wildman–Crippen MR) is 37.7 cm³/mol. The van der Waals surface area contributed by atoms with E-state index in [-0.39, 0.29) is 5.66 Å². The Morgan fingerprint density at radius 3 is 2.20 bits per heavy atom. The summed E-state index contributed by atoms with van der Waals surface area (Å²) in [6, 6.07) is 0. The Morgan fingerprint density at radius 2 is 1.80 bits per heavy atom. The minimum absolute atomic E-state index is 0.0139. The standard InChI is InChI=1S/C7H14N2O/c10-8-7-3-1-5-9(7)6-2-4-7/h8,10H,1-6H2. The maximum atomic E-state index is 8.94. The Morgan fingerprint density at radius 1 is 1.20 bits per heavy atom. The summed E-state index contributed by atoms with van der Waals surface area (Å²) >= 11 is 0. The predicted octanol–water partition coefficient (Wildman–Crippen LogP) is 0.551. The van der Waals surface area contributed by atoms with Gasteiger partial charge in [-0.1, -0.05) is 0 Å². The number of nitrogens with zero attached hydrogens (tertiary/aromatic N) is 1. The van der Waals surface area contributed by atoms with Crippen molar-refractivity contribution in [1.29, 1.82) is 0 Å². The van der Waals surface area contributed by atoms with Crippen molar-refractivity contribution in [2.45, 2.75) is 31.3 Å². The lowest BCUT2D eigenvalue weighted by Crippen LogP contribution is -2.49. The molecule has 3 nitrogen and oxygen atoms in total. The lowest BCUT2D eigenvalue weighted by atomic mass is 10.1. The van der Waals surface area contributed by atoms with Crippen molar-refractivity contribution in [3.8, 4) is 0 Å². The molecule has 2 rings (SSSR count). The van der Waals surface area contributed by atoms with Gasteiger partial charge in [-0.25, -0.2) is 0 Å². The number of rotatable bonds is 1. The lowest BCUT2D eigenvalue weighted by molar-refractivity contribution is -0.00250. The molecule has 3 heteroatoms. The Kier molecular flexibility index (Phi) is 1.44. The van der Waals surface area contributed by atoms with Crippen LogP contribution in [0.5, 0.6) is 0 Å². The zero-order valence-corrected chi connectivity index (χ0v) is 6.14. The quantitative estimate of drug-likeness (QED) is 0.525. The Bertz CT molecular complexity index is 128. The second-order valence-corrected chi connectivity index (χ2v) is 3.34. The minimum Gasteiger partial charge on any atom is -0.315 e. The van der Waals surface area contributed by atoms with E-state index in [2.05, 4.69) is 10.4 Å². The lowest BCUT2D eigenvalue weighted by Gasteiger charge is -2.29. The Balaban J connectivity index is 2.15. The third-order valence-electron chi connectivity index (χ3n) is 2.85. The zero-order valence-electron chi connectivity index (χ0n) is 6.14. The van der Waals surface area contributed by atoms with Gasteiger partial charge in [0.05, 0.1) is 5.66 Å². The summed E-state index contributed by atoms with van der Waals surface area (Å²) in [4.78, 5) is 2.35. The topological polar surface area (TPSA) is 35.5 Å². The molecule has 0 bridgehead atoms. The average Bonchev–Trinajstić information content (AvgIpc) is 2.42. The monoisotopic (exact) mass is 142 g/mol. The molecule has 2 fully saturated rings. The molecule has 0 aliphatic carbocycles. The number of hydrogen-bond donors (Lipinski definition) is 2. The highest BCUT2D eigenvalue weighted by Crippen LogP contribution is 2.35. The van der Waals surface area contributed by atoms with Crippen LogP contribution in [0.1, 0.15) is 25.7 Å². The fourth-order valence-electron chi connectivity index (χ4n) is 2.29. The minimum atomic E-state index is -0.0139. The normalized spacial score (nSPS) is 30.9. The number of fused-ring (bicyclic) bond motifs is 1. The van der Waals surface area contributed by atoms with Gasteiger partial charge in [0, 0.05) is 13.1 Å². The van der Waals surface area contributed by atoms with Gasteiger partial charge in [0.15, 0.2) is 0 Å². The number of nitrogens with one attached hydrogen (secondary N) is 1.